The highest BCUT2D eigenvalue weighted by Gasteiger charge is 2.29. The molecule has 5 nitrogen and oxygen atoms in total. The van der Waals surface area contributed by atoms with Crippen LogP contribution < -0.4 is 9.64 Å². The van der Waals surface area contributed by atoms with E-state index < -0.39 is 15.9 Å². The molecule has 0 unspecified atom stereocenters. The van der Waals surface area contributed by atoms with Gasteiger partial charge in [0.2, 0.25) is 5.91 Å². The first-order valence-electron chi connectivity index (χ1n) is 7.48. The number of carbonyl (C=O) groups excluding carboxylic acids is 1. The minimum Gasteiger partial charge on any atom is -0.457 e. The molecule has 0 spiro atoms. The van der Waals surface area contributed by atoms with Crippen LogP contribution in [-0.4, -0.2) is 26.1 Å². The van der Waals surface area contributed by atoms with Crippen LogP contribution in [0.2, 0.25) is 0 Å². The van der Waals surface area contributed by atoms with E-state index >= 15 is 0 Å². The van der Waals surface area contributed by atoms with Gasteiger partial charge < -0.3 is 9.64 Å². The lowest BCUT2D eigenvalue weighted by molar-refractivity contribution is -0.116. The SMILES string of the molecule is CC(=O)N(c1ccc(Oc2ccccc2)cc1)[C@@H]1C=CS(=O)(=O)C1. The van der Waals surface area contributed by atoms with Crippen LogP contribution in [0, 0.1) is 0 Å². The normalized spacial score (nSPS) is 18.3. The summed E-state index contributed by atoms with van der Waals surface area (Å²) < 4.78 is 28.9. The van der Waals surface area contributed by atoms with E-state index in [1.807, 2.05) is 30.3 Å². The van der Waals surface area contributed by atoms with Gasteiger partial charge >= 0.3 is 0 Å². The summed E-state index contributed by atoms with van der Waals surface area (Å²) in [5, 5.41) is 1.17. The van der Waals surface area contributed by atoms with Crippen molar-refractivity contribution in [2.75, 3.05) is 10.7 Å². The summed E-state index contributed by atoms with van der Waals surface area (Å²) in [6.07, 6.45) is 1.55. The van der Waals surface area contributed by atoms with Gasteiger partial charge in [-0.25, -0.2) is 8.42 Å². The molecule has 1 amide bonds. The van der Waals surface area contributed by atoms with Gasteiger partial charge in [0.15, 0.2) is 9.84 Å². The Morgan fingerprint density at radius 1 is 1.04 bits per heavy atom. The van der Waals surface area contributed by atoms with Gasteiger partial charge in [-0.05, 0) is 42.5 Å². The fourth-order valence-electron chi connectivity index (χ4n) is 2.63. The average Bonchev–Trinajstić information content (AvgIpc) is 2.89. The maximum absolute atomic E-state index is 12.0. The molecule has 6 heteroatoms. The lowest BCUT2D eigenvalue weighted by Gasteiger charge is -2.26. The Balaban J connectivity index is 1.80. The van der Waals surface area contributed by atoms with Crippen molar-refractivity contribution >= 4 is 21.4 Å². The number of hydrogen-bond acceptors (Lipinski definition) is 4. The van der Waals surface area contributed by atoms with Crippen molar-refractivity contribution in [3.8, 4) is 11.5 Å². The molecule has 0 radical (unpaired) electrons. The van der Waals surface area contributed by atoms with Crippen molar-refractivity contribution in [3.63, 3.8) is 0 Å². The van der Waals surface area contributed by atoms with E-state index in [0.29, 0.717) is 11.4 Å². The van der Waals surface area contributed by atoms with Gasteiger partial charge in [0.1, 0.15) is 11.5 Å². The number of ether oxygens (including phenoxy) is 1. The van der Waals surface area contributed by atoms with Crippen LogP contribution in [0.5, 0.6) is 11.5 Å². The first kappa shape index (κ1) is 16.3. The zero-order valence-electron chi connectivity index (χ0n) is 13.1. The molecule has 2 aromatic rings. The Morgan fingerprint density at radius 3 is 2.21 bits per heavy atom. The smallest absolute Gasteiger partial charge is 0.224 e. The number of rotatable bonds is 4. The summed E-state index contributed by atoms with van der Waals surface area (Å²) >= 11 is 0. The zero-order chi connectivity index (χ0) is 17.2. The molecule has 0 bridgehead atoms. The maximum Gasteiger partial charge on any atom is 0.224 e. The van der Waals surface area contributed by atoms with E-state index in [4.69, 9.17) is 4.74 Å². The van der Waals surface area contributed by atoms with Crippen LogP contribution >= 0.6 is 0 Å². The van der Waals surface area contributed by atoms with Crippen molar-refractivity contribution in [1.82, 2.24) is 0 Å². The van der Waals surface area contributed by atoms with Crippen molar-refractivity contribution in [1.29, 1.82) is 0 Å². The molecule has 0 saturated carbocycles. The van der Waals surface area contributed by atoms with Gasteiger partial charge in [0, 0.05) is 18.0 Å². The first-order chi connectivity index (χ1) is 11.4. The van der Waals surface area contributed by atoms with E-state index in [2.05, 4.69) is 0 Å². The molecule has 2 aromatic carbocycles. The van der Waals surface area contributed by atoms with Crippen LogP contribution in [-0.2, 0) is 14.6 Å². The number of hydrogen-bond donors (Lipinski definition) is 0. The number of carbonyl (C=O) groups is 1. The molecule has 0 saturated heterocycles. The van der Waals surface area contributed by atoms with Crippen LogP contribution in [0.1, 0.15) is 6.92 Å². The fourth-order valence-corrected chi connectivity index (χ4v) is 3.89. The lowest BCUT2D eigenvalue weighted by Crippen LogP contribution is -2.39. The molecule has 0 fully saturated rings. The number of benzene rings is 2. The molecule has 1 aliphatic rings. The minimum atomic E-state index is -3.23. The third-order valence-electron chi connectivity index (χ3n) is 3.68. The summed E-state index contributed by atoms with van der Waals surface area (Å²) in [4.78, 5) is 13.5. The summed E-state index contributed by atoms with van der Waals surface area (Å²) in [6, 6.07) is 15.9. The van der Waals surface area contributed by atoms with Crippen molar-refractivity contribution in [2.24, 2.45) is 0 Å². The molecule has 124 valence electrons. The molecule has 0 aliphatic carbocycles. The second-order valence-electron chi connectivity index (χ2n) is 5.52. The predicted molar refractivity (Wildman–Crippen MR) is 92.8 cm³/mol. The Labute approximate surface area is 141 Å². The minimum absolute atomic E-state index is 0.0884. The Hall–Kier alpha value is -2.60. The molecular formula is C18H17NO4S. The largest absolute Gasteiger partial charge is 0.457 e. The van der Waals surface area contributed by atoms with Crippen LogP contribution in [0.15, 0.2) is 66.1 Å². The number of anilines is 1. The highest BCUT2D eigenvalue weighted by molar-refractivity contribution is 7.94. The number of para-hydroxylation sites is 1. The fraction of sp³-hybridized carbons (Fsp3) is 0.167. The second-order valence-corrected chi connectivity index (χ2v) is 7.45. The molecule has 1 aliphatic heterocycles. The van der Waals surface area contributed by atoms with Gasteiger partial charge in [-0.15, -0.1) is 0 Å². The highest BCUT2D eigenvalue weighted by atomic mass is 32.2. The number of amides is 1. The number of nitrogens with zero attached hydrogens (tertiary/aromatic N) is 1. The summed E-state index contributed by atoms with van der Waals surface area (Å²) in [5.41, 5.74) is 0.634. The van der Waals surface area contributed by atoms with E-state index in [1.54, 1.807) is 30.3 Å². The topological polar surface area (TPSA) is 63.7 Å². The average molecular weight is 343 g/mol. The van der Waals surface area contributed by atoms with Gasteiger partial charge in [-0.3, -0.25) is 4.79 Å². The van der Waals surface area contributed by atoms with Gasteiger partial charge in [0.25, 0.3) is 0 Å². The number of sulfone groups is 1. The standard InChI is InChI=1S/C18H17NO4S/c1-14(20)19(16-11-12-24(21,22)13-16)15-7-9-18(10-8-15)23-17-5-3-2-4-6-17/h2-12,16H,13H2,1H3/t16-/m1/s1. The molecule has 1 atom stereocenters. The van der Waals surface area contributed by atoms with Crippen LogP contribution in [0.3, 0.4) is 0 Å². The Bertz CT molecular complexity index is 858. The zero-order valence-corrected chi connectivity index (χ0v) is 13.9. The molecule has 3 rings (SSSR count). The third-order valence-corrected chi connectivity index (χ3v) is 5.05. The molecule has 0 N–H and O–H groups in total. The summed E-state index contributed by atoms with van der Waals surface area (Å²) in [5.74, 6) is 1.06. The van der Waals surface area contributed by atoms with Crippen molar-refractivity contribution < 1.29 is 17.9 Å². The van der Waals surface area contributed by atoms with E-state index in [0.717, 1.165) is 5.75 Å². The van der Waals surface area contributed by atoms with Crippen LogP contribution in [0.25, 0.3) is 0 Å². The molecule has 1 heterocycles. The summed E-state index contributed by atoms with van der Waals surface area (Å²) in [7, 11) is -3.23. The van der Waals surface area contributed by atoms with Crippen LogP contribution in [0.4, 0.5) is 5.69 Å². The van der Waals surface area contributed by atoms with Gasteiger partial charge in [-0.1, -0.05) is 18.2 Å². The summed E-state index contributed by atoms with van der Waals surface area (Å²) in [6.45, 7) is 1.42. The molecule has 0 aromatic heterocycles. The van der Waals surface area contributed by atoms with Crippen molar-refractivity contribution in [2.45, 2.75) is 13.0 Å². The molecule has 24 heavy (non-hydrogen) atoms. The van der Waals surface area contributed by atoms with E-state index in [-0.39, 0.29) is 11.7 Å². The van der Waals surface area contributed by atoms with Gasteiger partial charge in [0.05, 0.1) is 11.8 Å². The predicted octanol–water partition coefficient (Wildman–Crippen LogP) is 3.14. The lowest BCUT2D eigenvalue weighted by atomic mass is 10.2. The van der Waals surface area contributed by atoms with E-state index in [1.165, 1.54) is 17.2 Å². The Morgan fingerprint density at radius 2 is 1.67 bits per heavy atom. The maximum atomic E-state index is 12.0. The van der Waals surface area contributed by atoms with Gasteiger partial charge in [-0.2, -0.15) is 0 Å². The second kappa shape index (κ2) is 6.49. The Kier molecular flexibility index (Phi) is 4.40. The highest BCUT2D eigenvalue weighted by Crippen LogP contribution is 2.27. The first-order valence-corrected chi connectivity index (χ1v) is 9.20. The quantitative estimate of drug-likeness (QED) is 0.855. The molecular weight excluding hydrogens is 326 g/mol. The van der Waals surface area contributed by atoms with E-state index in [9.17, 15) is 13.2 Å². The van der Waals surface area contributed by atoms with Crippen molar-refractivity contribution in [3.05, 3.63) is 66.1 Å². The third kappa shape index (κ3) is 3.65. The monoisotopic (exact) mass is 343 g/mol.